The summed E-state index contributed by atoms with van der Waals surface area (Å²) in [5.74, 6) is 0.839. The lowest BCUT2D eigenvalue weighted by molar-refractivity contribution is 0.00874. The van der Waals surface area contributed by atoms with Crippen LogP contribution < -0.4 is 4.90 Å². The van der Waals surface area contributed by atoms with E-state index >= 15 is 0 Å². The quantitative estimate of drug-likeness (QED) is 0.340. The highest BCUT2D eigenvalue weighted by atomic mass is 35.5. The van der Waals surface area contributed by atoms with Crippen molar-refractivity contribution in [1.82, 2.24) is 39.7 Å². The Morgan fingerprint density at radius 2 is 1.88 bits per heavy atom. The van der Waals surface area contributed by atoms with Crippen molar-refractivity contribution in [2.75, 3.05) is 44.2 Å². The molecule has 0 unspecified atom stereocenters. The number of aromatic nitrogens is 6. The van der Waals surface area contributed by atoms with Gasteiger partial charge < -0.3 is 19.5 Å². The van der Waals surface area contributed by atoms with Crippen LogP contribution in [0.1, 0.15) is 33.4 Å². The van der Waals surface area contributed by atoms with Gasteiger partial charge in [0, 0.05) is 74.5 Å². The van der Waals surface area contributed by atoms with Crippen LogP contribution in [0.25, 0.3) is 22.2 Å². The van der Waals surface area contributed by atoms with E-state index < -0.39 is 5.60 Å². The first-order chi connectivity index (χ1) is 19.2. The molecule has 4 aromatic heterocycles. The summed E-state index contributed by atoms with van der Waals surface area (Å²) < 4.78 is 5.54. The maximum Gasteiger partial charge on any atom is 0.410 e. The summed E-state index contributed by atoms with van der Waals surface area (Å²) in [4.78, 5) is 46.1. The molecule has 0 aromatic carbocycles. The lowest BCUT2D eigenvalue weighted by Gasteiger charge is -2.48. The molecule has 2 aliphatic rings. The Labute approximate surface area is 241 Å². The van der Waals surface area contributed by atoms with Crippen molar-refractivity contribution < 1.29 is 9.53 Å². The smallest absolute Gasteiger partial charge is 0.410 e. The topological polar surface area (TPSA) is 116 Å². The van der Waals surface area contributed by atoms with Gasteiger partial charge in [0.1, 0.15) is 22.6 Å². The molecule has 210 valence electrons. The van der Waals surface area contributed by atoms with Gasteiger partial charge in [-0.3, -0.25) is 9.88 Å². The lowest BCUT2D eigenvalue weighted by Crippen LogP contribution is -2.64. The number of carbonyl (C=O) groups is 1. The van der Waals surface area contributed by atoms with Gasteiger partial charge in [0.05, 0.1) is 10.4 Å². The van der Waals surface area contributed by atoms with Crippen molar-refractivity contribution in [3.63, 3.8) is 0 Å². The van der Waals surface area contributed by atoms with Gasteiger partial charge in [-0.2, -0.15) is 0 Å². The number of hydrogen-bond donors (Lipinski definition) is 1. The molecule has 1 amide bonds. The minimum absolute atomic E-state index is 0.238. The van der Waals surface area contributed by atoms with E-state index in [9.17, 15) is 4.79 Å². The fourth-order valence-corrected chi connectivity index (χ4v) is 6.16. The van der Waals surface area contributed by atoms with E-state index in [1.807, 2.05) is 26.8 Å². The number of nitrogens with one attached hydrogen (secondary N) is 1. The van der Waals surface area contributed by atoms with Crippen LogP contribution >= 0.6 is 23.4 Å². The Morgan fingerprint density at radius 3 is 2.60 bits per heavy atom. The number of rotatable bonds is 5. The standard InChI is InChI=1S/C27H32ClN9O2S/c1-5-18-21(28)20-23(32-18)33-25(40-17-12-19-22(31-13-17)30-7-6-29-19)34-24(20)37-14-16(15-37)35-8-10-36(11-9-35)26(38)39-27(2,3)4/h6-7,12-13,16H,5,8-11,14-15H2,1-4H3,(H,32,33,34). The monoisotopic (exact) mass is 581 g/mol. The van der Waals surface area contributed by atoms with Gasteiger partial charge >= 0.3 is 6.09 Å². The number of aromatic amines is 1. The first-order valence-corrected chi connectivity index (χ1v) is 14.7. The zero-order valence-electron chi connectivity index (χ0n) is 23.0. The summed E-state index contributed by atoms with van der Waals surface area (Å²) in [5.41, 5.74) is 2.52. The third-order valence-electron chi connectivity index (χ3n) is 7.13. The second-order valence-corrected chi connectivity index (χ2v) is 12.5. The number of hydrogen-bond acceptors (Lipinski definition) is 10. The van der Waals surface area contributed by atoms with Gasteiger partial charge in [-0.25, -0.2) is 24.7 Å². The van der Waals surface area contributed by atoms with E-state index in [0.29, 0.717) is 35.0 Å². The minimum Gasteiger partial charge on any atom is -0.444 e. The predicted octanol–water partition coefficient (Wildman–Crippen LogP) is 4.40. The van der Waals surface area contributed by atoms with Gasteiger partial charge in [0.2, 0.25) is 0 Å². The van der Waals surface area contributed by atoms with Crippen LogP contribution in [0.15, 0.2) is 34.7 Å². The lowest BCUT2D eigenvalue weighted by atomic mass is 10.1. The molecule has 13 heteroatoms. The number of anilines is 1. The highest BCUT2D eigenvalue weighted by Gasteiger charge is 2.37. The maximum absolute atomic E-state index is 12.5. The van der Waals surface area contributed by atoms with E-state index in [4.69, 9.17) is 26.3 Å². The molecular formula is C27H32ClN9O2S. The van der Waals surface area contributed by atoms with Crippen molar-refractivity contribution >= 4 is 57.5 Å². The molecule has 0 bridgehead atoms. The van der Waals surface area contributed by atoms with Crippen LogP contribution in [-0.2, 0) is 11.2 Å². The predicted molar refractivity (Wildman–Crippen MR) is 155 cm³/mol. The van der Waals surface area contributed by atoms with Crippen molar-refractivity contribution in [2.45, 2.75) is 55.8 Å². The number of piperazine rings is 1. The number of fused-ring (bicyclic) bond motifs is 2. The third-order valence-corrected chi connectivity index (χ3v) is 8.37. The molecule has 0 saturated carbocycles. The highest BCUT2D eigenvalue weighted by Crippen LogP contribution is 2.38. The minimum atomic E-state index is -0.487. The Morgan fingerprint density at radius 1 is 1.12 bits per heavy atom. The highest BCUT2D eigenvalue weighted by molar-refractivity contribution is 7.99. The van der Waals surface area contributed by atoms with E-state index in [-0.39, 0.29) is 6.09 Å². The zero-order valence-corrected chi connectivity index (χ0v) is 24.6. The summed E-state index contributed by atoms with van der Waals surface area (Å²) in [6.07, 6.45) is 5.59. The summed E-state index contributed by atoms with van der Waals surface area (Å²) in [5, 5.41) is 2.15. The number of aryl methyl sites for hydroxylation is 1. The molecule has 4 aromatic rings. The first-order valence-electron chi connectivity index (χ1n) is 13.5. The second-order valence-electron chi connectivity index (χ2n) is 11.1. The molecule has 0 radical (unpaired) electrons. The van der Waals surface area contributed by atoms with E-state index in [0.717, 1.165) is 65.6 Å². The zero-order chi connectivity index (χ0) is 28.0. The van der Waals surface area contributed by atoms with Gasteiger partial charge in [-0.15, -0.1) is 0 Å². The molecule has 2 saturated heterocycles. The molecular weight excluding hydrogens is 550 g/mol. The molecule has 0 spiro atoms. The fraction of sp³-hybridized carbons (Fsp3) is 0.481. The van der Waals surface area contributed by atoms with Crippen molar-refractivity contribution in [3.8, 4) is 0 Å². The van der Waals surface area contributed by atoms with Crippen LogP contribution in [0.2, 0.25) is 5.02 Å². The van der Waals surface area contributed by atoms with E-state index in [2.05, 4.69) is 36.7 Å². The van der Waals surface area contributed by atoms with Gasteiger partial charge in [0.15, 0.2) is 10.8 Å². The molecule has 0 atom stereocenters. The molecule has 2 fully saturated rings. The van der Waals surface area contributed by atoms with Crippen LogP contribution in [-0.4, -0.2) is 96.7 Å². The number of halogens is 1. The number of H-pyrrole nitrogens is 1. The number of ether oxygens (including phenoxy) is 1. The SMILES string of the molecule is CCc1[nH]c2nc(Sc3cnc4nccnc4c3)nc(N3CC(N4CCN(C(=O)OC(C)(C)C)CC4)C3)c2c1Cl. The summed E-state index contributed by atoms with van der Waals surface area (Å²) in [6, 6.07) is 2.33. The third kappa shape index (κ3) is 5.39. The normalized spacial score (nSPS) is 17.0. The van der Waals surface area contributed by atoms with Gasteiger partial charge in [-0.05, 0) is 45.0 Å². The maximum atomic E-state index is 12.5. The van der Waals surface area contributed by atoms with Crippen LogP contribution in [0.4, 0.5) is 10.6 Å². The first kappa shape index (κ1) is 27.0. The Bertz CT molecular complexity index is 1560. The fourth-order valence-electron chi connectivity index (χ4n) is 5.04. The molecule has 6 heterocycles. The number of nitrogens with zero attached hydrogens (tertiary/aromatic N) is 8. The second kappa shape index (κ2) is 10.6. The largest absolute Gasteiger partial charge is 0.444 e. The van der Waals surface area contributed by atoms with Crippen molar-refractivity contribution in [1.29, 1.82) is 0 Å². The van der Waals surface area contributed by atoms with Gasteiger partial charge in [-0.1, -0.05) is 18.5 Å². The molecule has 40 heavy (non-hydrogen) atoms. The Hall–Kier alpha value is -3.22. The molecule has 0 aliphatic carbocycles. The average molecular weight is 582 g/mol. The number of amides is 1. The molecule has 2 aliphatic heterocycles. The van der Waals surface area contributed by atoms with Crippen LogP contribution in [0.5, 0.6) is 0 Å². The van der Waals surface area contributed by atoms with Crippen LogP contribution in [0.3, 0.4) is 0 Å². The Balaban J connectivity index is 1.18. The number of carbonyl (C=O) groups excluding carboxylic acids is 1. The van der Waals surface area contributed by atoms with Crippen molar-refractivity contribution in [3.05, 3.63) is 35.4 Å². The van der Waals surface area contributed by atoms with Crippen molar-refractivity contribution in [2.24, 2.45) is 0 Å². The number of pyridine rings is 1. The molecule has 1 N–H and O–H groups in total. The van der Waals surface area contributed by atoms with E-state index in [1.165, 1.54) is 11.8 Å². The van der Waals surface area contributed by atoms with E-state index in [1.54, 1.807) is 23.5 Å². The Kier molecular flexibility index (Phi) is 7.18. The van der Waals surface area contributed by atoms with Crippen LogP contribution in [0, 0.1) is 0 Å². The summed E-state index contributed by atoms with van der Waals surface area (Å²) in [7, 11) is 0. The molecule has 11 nitrogen and oxygen atoms in total. The summed E-state index contributed by atoms with van der Waals surface area (Å²) in [6.45, 7) is 12.4. The molecule has 6 rings (SSSR count). The summed E-state index contributed by atoms with van der Waals surface area (Å²) >= 11 is 8.25. The average Bonchev–Trinajstić information content (AvgIpc) is 3.22. The van der Waals surface area contributed by atoms with Gasteiger partial charge in [0.25, 0.3) is 0 Å².